The Balaban J connectivity index is 2.00. The van der Waals surface area contributed by atoms with Crippen LogP contribution in [-0.4, -0.2) is 55.1 Å². The first-order valence-electron chi connectivity index (χ1n) is 6.60. The first-order valence-corrected chi connectivity index (χ1v) is 6.60. The summed E-state index contributed by atoms with van der Waals surface area (Å²) in [7, 11) is 1.98. The molecule has 0 radical (unpaired) electrons. The minimum Gasteiger partial charge on any atom is -0.393 e. The number of nitrogens with one attached hydrogen (secondary N) is 1. The van der Waals surface area contributed by atoms with Gasteiger partial charge in [-0.25, -0.2) is 0 Å². The number of amides is 1. The lowest BCUT2D eigenvalue weighted by Crippen LogP contribution is -2.46. The van der Waals surface area contributed by atoms with Crippen molar-refractivity contribution in [3.05, 3.63) is 33.9 Å². The Morgan fingerprint density at radius 1 is 1.62 bits per heavy atom. The summed E-state index contributed by atoms with van der Waals surface area (Å²) >= 11 is 0. The molecule has 1 aromatic carbocycles. The number of hydrogen-bond acceptors (Lipinski definition) is 6. The van der Waals surface area contributed by atoms with Gasteiger partial charge in [0, 0.05) is 25.7 Å². The Morgan fingerprint density at radius 2 is 2.38 bits per heavy atom. The van der Waals surface area contributed by atoms with Crippen molar-refractivity contribution in [2.45, 2.75) is 6.10 Å². The molecule has 114 valence electrons. The fourth-order valence-corrected chi connectivity index (χ4v) is 2.20. The number of ether oxygens (including phenoxy) is 1. The summed E-state index contributed by atoms with van der Waals surface area (Å²) in [5.41, 5.74) is 5.39. The number of para-hydroxylation sites is 1. The maximum atomic E-state index is 12.1. The van der Waals surface area contributed by atoms with E-state index in [1.807, 2.05) is 7.05 Å². The number of nitrogens with zero attached hydrogens (tertiary/aromatic N) is 2. The van der Waals surface area contributed by atoms with Crippen LogP contribution in [-0.2, 0) is 4.74 Å². The van der Waals surface area contributed by atoms with Gasteiger partial charge in [0.25, 0.3) is 11.6 Å². The molecule has 1 saturated heterocycles. The van der Waals surface area contributed by atoms with E-state index in [2.05, 4.69) is 10.2 Å². The van der Waals surface area contributed by atoms with Crippen LogP contribution in [0.25, 0.3) is 0 Å². The van der Waals surface area contributed by atoms with Gasteiger partial charge in [0.05, 0.1) is 23.2 Å². The molecular weight excluding hydrogens is 276 g/mol. The number of nitrogens with two attached hydrogens (primary N) is 1. The van der Waals surface area contributed by atoms with E-state index in [4.69, 9.17) is 10.5 Å². The first-order chi connectivity index (χ1) is 9.99. The van der Waals surface area contributed by atoms with E-state index in [1.165, 1.54) is 18.2 Å². The third kappa shape index (κ3) is 3.67. The van der Waals surface area contributed by atoms with E-state index in [9.17, 15) is 14.9 Å². The predicted molar refractivity (Wildman–Crippen MR) is 77.1 cm³/mol. The maximum Gasteiger partial charge on any atom is 0.292 e. The molecule has 2 rings (SSSR count). The van der Waals surface area contributed by atoms with Crippen molar-refractivity contribution in [1.29, 1.82) is 0 Å². The number of nitro benzene ring substituents is 1. The van der Waals surface area contributed by atoms with E-state index < -0.39 is 10.8 Å². The molecule has 0 spiro atoms. The van der Waals surface area contributed by atoms with Gasteiger partial charge in [0.2, 0.25) is 0 Å². The summed E-state index contributed by atoms with van der Waals surface area (Å²) in [6, 6.07) is 4.17. The molecule has 1 amide bonds. The quantitative estimate of drug-likeness (QED) is 0.467. The average Bonchev–Trinajstić information content (AvgIpc) is 2.45. The minimum atomic E-state index is -0.606. The number of hydrogen-bond donors (Lipinski definition) is 2. The third-order valence-corrected chi connectivity index (χ3v) is 3.36. The van der Waals surface area contributed by atoms with E-state index in [0.717, 1.165) is 13.1 Å². The third-order valence-electron chi connectivity index (χ3n) is 3.36. The standard InChI is InChI=1S/C13H18N4O4/c1-16-5-6-21-9(8-16)7-15-13(18)10-3-2-4-11(12(10)14)17(19)20/h2-4,9H,5-8,14H2,1H3,(H,15,18). The molecule has 0 saturated carbocycles. The lowest BCUT2D eigenvalue weighted by Gasteiger charge is -2.30. The van der Waals surface area contributed by atoms with Gasteiger partial charge in [-0.05, 0) is 13.1 Å². The van der Waals surface area contributed by atoms with Gasteiger partial charge in [0.15, 0.2) is 0 Å². The summed E-state index contributed by atoms with van der Waals surface area (Å²) in [5.74, 6) is -0.437. The molecule has 8 nitrogen and oxygen atoms in total. The molecule has 1 fully saturated rings. The molecule has 1 aliphatic heterocycles. The first kappa shape index (κ1) is 15.2. The molecule has 1 heterocycles. The Bertz CT molecular complexity index is 549. The number of carbonyl (C=O) groups is 1. The topological polar surface area (TPSA) is 111 Å². The van der Waals surface area contributed by atoms with Crippen molar-refractivity contribution < 1.29 is 14.5 Å². The highest BCUT2D eigenvalue weighted by molar-refractivity contribution is 6.00. The van der Waals surface area contributed by atoms with Gasteiger partial charge in [-0.3, -0.25) is 14.9 Å². The maximum absolute atomic E-state index is 12.1. The molecule has 0 bridgehead atoms. The Hall–Kier alpha value is -2.19. The van der Waals surface area contributed by atoms with Crippen molar-refractivity contribution in [3.8, 4) is 0 Å². The normalized spacial score (nSPS) is 19.2. The number of carbonyl (C=O) groups excluding carboxylic acids is 1. The number of rotatable bonds is 4. The van der Waals surface area contributed by atoms with Crippen molar-refractivity contribution in [2.24, 2.45) is 0 Å². The fourth-order valence-electron chi connectivity index (χ4n) is 2.20. The van der Waals surface area contributed by atoms with E-state index >= 15 is 0 Å². The summed E-state index contributed by atoms with van der Waals surface area (Å²) in [6.45, 7) is 2.55. The van der Waals surface area contributed by atoms with E-state index in [-0.39, 0.29) is 23.0 Å². The second-order valence-corrected chi connectivity index (χ2v) is 4.96. The van der Waals surface area contributed by atoms with Crippen LogP contribution >= 0.6 is 0 Å². The summed E-state index contributed by atoms with van der Waals surface area (Å²) in [4.78, 5) is 24.4. The molecule has 1 aromatic rings. The summed E-state index contributed by atoms with van der Waals surface area (Å²) in [5, 5.41) is 13.5. The number of likely N-dealkylation sites (N-methyl/N-ethyl adjacent to an activating group) is 1. The zero-order valence-corrected chi connectivity index (χ0v) is 11.7. The molecule has 8 heteroatoms. The Kier molecular flexibility index (Phi) is 4.71. The average molecular weight is 294 g/mol. The summed E-state index contributed by atoms with van der Waals surface area (Å²) in [6.07, 6.45) is -0.0902. The van der Waals surface area contributed by atoms with Crippen molar-refractivity contribution in [3.63, 3.8) is 0 Å². The van der Waals surface area contributed by atoms with Gasteiger partial charge in [0.1, 0.15) is 5.69 Å². The molecule has 1 aliphatic rings. The van der Waals surface area contributed by atoms with Crippen LogP contribution in [0.4, 0.5) is 11.4 Å². The fraction of sp³-hybridized carbons (Fsp3) is 0.462. The van der Waals surface area contributed by atoms with Crippen LogP contribution < -0.4 is 11.1 Å². The van der Waals surface area contributed by atoms with Crippen molar-refractivity contribution >= 4 is 17.3 Å². The van der Waals surface area contributed by atoms with Crippen LogP contribution in [0.2, 0.25) is 0 Å². The molecular formula is C13H18N4O4. The van der Waals surface area contributed by atoms with Gasteiger partial charge in [-0.2, -0.15) is 0 Å². The molecule has 21 heavy (non-hydrogen) atoms. The Morgan fingerprint density at radius 3 is 3.05 bits per heavy atom. The van der Waals surface area contributed by atoms with Crippen LogP contribution in [0.3, 0.4) is 0 Å². The van der Waals surface area contributed by atoms with E-state index in [1.54, 1.807) is 0 Å². The minimum absolute atomic E-state index is 0.0902. The van der Waals surface area contributed by atoms with Gasteiger partial charge in [-0.1, -0.05) is 6.07 Å². The molecule has 3 N–H and O–H groups in total. The largest absolute Gasteiger partial charge is 0.393 e. The second-order valence-electron chi connectivity index (χ2n) is 4.96. The van der Waals surface area contributed by atoms with Crippen molar-refractivity contribution in [2.75, 3.05) is 39.0 Å². The lowest BCUT2D eigenvalue weighted by molar-refractivity contribution is -0.383. The molecule has 0 aliphatic carbocycles. The highest BCUT2D eigenvalue weighted by Gasteiger charge is 2.21. The molecule has 1 unspecified atom stereocenters. The smallest absolute Gasteiger partial charge is 0.292 e. The Labute approximate surface area is 122 Å². The monoisotopic (exact) mass is 294 g/mol. The predicted octanol–water partition coefficient (Wildman–Crippen LogP) is 0.237. The van der Waals surface area contributed by atoms with Crippen LogP contribution in [0, 0.1) is 10.1 Å². The van der Waals surface area contributed by atoms with E-state index in [0.29, 0.717) is 13.2 Å². The number of morpholine rings is 1. The van der Waals surface area contributed by atoms with Crippen molar-refractivity contribution in [1.82, 2.24) is 10.2 Å². The second kappa shape index (κ2) is 6.51. The zero-order chi connectivity index (χ0) is 15.4. The SMILES string of the molecule is CN1CCOC(CNC(=O)c2cccc([N+](=O)[O-])c2N)C1. The summed E-state index contributed by atoms with van der Waals surface area (Å²) < 4.78 is 5.53. The molecule has 1 atom stereocenters. The molecule has 0 aromatic heterocycles. The number of benzene rings is 1. The number of nitrogen functional groups attached to an aromatic ring is 1. The van der Waals surface area contributed by atoms with Gasteiger partial charge < -0.3 is 20.7 Å². The highest BCUT2D eigenvalue weighted by Crippen LogP contribution is 2.24. The van der Waals surface area contributed by atoms with Crippen LogP contribution in [0.5, 0.6) is 0 Å². The lowest BCUT2D eigenvalue weighted by atomic mass is 10.1. The van der Waals surface area contributed by atoms with Gasteiger partial charge in [-0.15, -0.1) is 0 Å². The van der Waals surface area contributed by atoms with Crippen LogP contribution in [0.1, 0.15) is 10.4 Å². The highest BCUT2D eigenvalue weighted by atomic mass is 16.6. The van der Waals surface area contributed by atoms with Crippen LogP contribution in [0.15, 0.2) is 18.2 Å². The zero-order valence-electron chi connectivity index (χ0n) is 11.7. The number of nitro groups is 1. The van der Waals surface area contributed by atoms with Gasteiger partial charge >= 0.3 is 0 Å². The number of anilines is 1.